The number of nitrogens with two attached hydrogens (primary N) is 1. The van der Waals surface area contributed by atoms with Gasteiger partial charge in [-0.2, -0.15) is 0 Å². The smallest absolute Gasteiger partial charge is 0.790 e. The van der Waals surface area contributed by atoms with Crippen molar-refractivity contribution in [3.8, 4) is 0 Å². The summed E-state index contributed by atoms with van der Waals surface area (Å²) in [5, 5.41) is 16.4. The second kappa shape index (κ2) is 21.6. The summed E-state index contributed by atoms with van der Waals surface area (Å²) in [6.07, 6.45) is 0. The number of rotatable bonds is 6. The van der Waals surface area contributed by atoms with Crippen molar-refractivity contribution in [2.24, 2.45) is 5.90 Å². The van der Waals surface area contributed by atoms with Gasteiger partial charge in [0, 0.05) is 0 Å². The van der Waals surface area contributed by atoms with Crippen molar-refractivity contribution in [1.29, 1.82) is 0 Å². The molecule has 222 valence electrons. The molecule has 0 heterocycles. The molecule has 6 aromatic carbocycles. The number of benzene rings is 6. The van der Waals surface area contributed by atoms with E-state index in [2.05, 4.69) is 188 Å². The first-order valence-electron chi connectivity index (χ1n) is 13.6. The minimum absolute atomic E-state index is 0. The van der Waals surface area contributed by atoms with Crippen LogP contribution in [0.15, 0.2) is 182 Å². The summed E-state index contributed by atoms with van der Waals surface area (Å²) in [6, 6.07) is 65.0. The van der Waals surface area contributed by atoms with E-state index in [0.29, 0.717) is 0 Å². The molecule has 0 fully saturated rings. The van der Waals surface area contributed by atoms with E-state index >= 15 is 0 Å². The average molecular weight is 659 g/mol. The SMILES string of the molecule is N[O-].[N-]=[N+]=[N-].[Ni+2].c1ccc([PH+](c2ccccc2)c2ccccc2)cc1.c1ccc([PH+](c2ccccc2)c2ccccc2)cc1. The van der Waals surface area contributed by atoms with Crippen molar-refractivity contribution in [2.75, 3.05) is 0 Å². The molecule has 8 heteroatoms. The van der Waals surface area contributed by atoms with Gasteiger partial charge in [0.1, 0.15) is 31.8 Å². The Morgan fingerprint density at radius 1 is 0.341 bits per heavy atom. The summed E-state index contributed by atoms with van der Waals surface area (Å²) < 4.78 is 0. The van der Waals surface area contributed by atoms with E-state index < -0.39 is 15.8 Å². The molecule has 2 N–H and O–H groups in total. The largest absolute Gasteiger partial charge is 2.00 e. The molecule has 5 nitrogen and oxygen atoms in total. The van der Waals surface area contributed by atoms with Crippen LogP contribution in [0.1, 0.15) is 0 Å². The molecule has 0 radical (unpaired) electrons. The first kappa shape index (κ1) is 36.1. The van der Waals surface area contributed by atoms with Crippen LogP contribution in [-0.4, -0.2) is 0 Å². The molecule has 6 rings (SSSR count). The molecule has 0 saturated carbocycles. The Hall–Kier alpha value is -4.10. The van der Waals surface area contributed by atoms with Crippen molar-refractivity contribution in [2.45, 2.75) is 0 Å². The van der Waals surface area contributed by atoms with Crippen LogP contribution >= 0.6 is 15.8 Å². The van der Waals surface area contributed by atoms with Gasteiger partial charge >= 0.3 is 16.5 Å². The van der Waals surface area contributed by atoms with Gasteiger partial charge in [0.2, 0.25) is 0 Å². The van der Waals surface area contributed by atoms with Crippen LogP contribution in [0, 0.1) is 5.21 Å². The minimum atomic E-state index is -0.877. The molecule has 0 spiro atoms. The van der Waals surface area contributed by atoms with E-state index in [1.54, 1.807) is 0 Å². The van der Waals surface area contributed by atoms with E-state index in [1.807, 2.05) is 0 Å². The zero-order chi connectivity index (χ0) is 30.5. The van der Waals surface area contributed by atoms with E-state index in [-0.39, 0.29) is 16.5 Å². The second-order valence-corrected chi connectivity index (χ2v) is 14.0. The summed E-state index contributed by atoms with van der Waals surface area (Å²) >= 11 is 0. The molecule has 0 aliphatic rings. The predicted molar refractivity (Wildman–Crippen MR) is 191 cm³/mol. The number of hydrogen-bond donors (Lipinski definition) is 1. The van der Waals surface area contributed by atoms with Gasteiger partial charge in [0.15, 0.2) is 0 Å². The van der Waals surface area contributed by atoms with Crippen molar-refractivity contribution in [3.05, 3.63) is 203 Å². The third-order valence-electron chi connectivity index (χ3n) is 6.37. The fourth-order valence-electron chi connectivity index (χ4n) is 4.63. The zero-order valence-electron chi connectivity index (χ0n) is 24.0. The summed E-state index contributed by atoms with van der Waals surface area (Å²) in [6.45, 7) is 0. The average Bonchev–Trinajstić information content (AvgIpc) is 3.10. The maximum absolute atomic E-state index is 7.75. The number of nitrogens with zero attached hydrogens (tertiary/aromatic N) is 3. The first-order chi connectivity index (χ1) is 21.3. The van der Waals surface area contributed by atoms with E-state index in [1.165, 1.54) is 36.7 Å². The zero-order valence-corrected chi connectivity index (χ0v) is 27.0. The van der Waals surface area contributed by atoms with Crippen molar-refractivity contribution in [3.63, 3.8) is 0 Å². The maximum Gasteiger partial charge on any atom is 2.00 e. The Balaban J connectivity index is 0.000000263. The van der Waals surface area contributed by atoms with Crippen LogP contribution in [-0.2, 0) is 16.5 Å². The Kier molecular flexibility index (Phi) is 17.7. The Labute approximate surface area is 272 Å². The molecule has 0 aliphatic carbocycles. The standard InChI is InChI=1S/2C18H15P.N3.H2NO.Ni/c2*1-4-10-16(11-5-1)19(17-12-6-2-7-13-17)18-14-8-3-9-15-18;1-3-2;1-2;/h2*1-15H;;1H2;/q;;2*-1;+2/p+2. The monoisotopic (exact) mass is 658 g/mol. The van der Waals surface area contributed by atoms with Gasteiger partial charge in [-0.15, -0.1) is 0 Å². The molecule has 0 saturated heterocycles. The van der Waals surface area contributed by atoms with Crippen molar-refractivity contribution < 1.29 is 16.5 Å². The van der Waals surface area contributed by atoms with Crippen LogP contribution in [0.25, 0.3) is 16.0 Å². The summed E-state index contributed by atoms with van der Waals surface area (Å²) in [7, 11) is -1.75. The molecule has 0 amide bonds. The first-order valence-corrected chi connectivity index (χ1v) is 16.6. The van der Waals surface area contributed by atoms with Gasteiger partial charge in [-0.1, -0.05) is 109 Å². The predicted octanol–water partition coefficient (Wildman–Crippen LogP) is 6.66. The number of hydrogen-bond acceptors (Lipinski definition) is 2. The Bertz CT molecular complexity index is 1290. The van der Waals surface area contributed by atoms with Gasteiger partial charge in [-0.3, -0.25) is 4.91 Å². The molecule has 0 atom stereocenters. The molecule has 0 bridgehead atoms. The molecule has 6 aromatic rings. The van der Waals surface area contributed by atoms with E-state index in [4.69, 9.17) is 16.3 Å². The third kappa shape index (κ3) is 11.2. The van der Waals surface area contributed by atoms with Crippen LogP contribution in [0.3, 0.4) is 0 Å². The topological polar surface area (TPSA) is 108 Å². The van der Waals surface area contributed by atoms with Gasteiger partial charge in [0.25, 0.3) is 0 Å². The van der Waals surface area contributed by atoms with Gasteiger partial charge in [0.05, 0.1) is 15.8 Å². The fraction of sp³-hybridized carbons (Fsp3) is 0. The van der Waals surface area contributed by atoms with E-state index in [9.17, 15) is 0 Å². The van der Waals surface area contributed by atoms with Gasteiger partial charge in [-0.05, 0) is 72.8 Å². The van der Waals surface area contributed by atoms with Crippen molar-refractivity contribution in [1.82, 2.24) is 0 Å². The van der Waals surface area contributed by atoms with Crippen LogP contribution < -0.4 is 37.7 Å². The summed E-state index contributed by atoms with van der Waals surface area (Å²) in [4.78, 5) is 1.50. The van der Waals surface area contributed by atoms with Gasteiger partial charge < -0.3 is 22.2 Å². The van der Waals surface area contributed by atoms with Crippen LogP contribution in [0.4, 0.5) is 0 Å². The fourth-order valence-corrected chi connectivity index (χ4v) is 9.78. The van der Waals surface area contributed by atoms with Crippen LogP contribution in [0.5, 0.6) is 0 Å². The second-order valence-electron chi connectivity index (χ2n) is 9.04. The molecular weight excluding hydrogens is 625 g/mol. The van der Waals surface area contributed by atoms with Crippen LogP contribution in [0.2, 0.25) is 0 Å². The maximum atomic E-state index is 7.75. The molecule has 0 unspecified atom stereocenters. The summed E-state index contributed by atoms with van der Waals surface area (Å²) in [5.74, 6) is 3.25. The molecule has 0 aliphatic heterocycles. The van der Waals surface area contributed by atoms with E-state index in [0.717, 1.165) is 0 Å². The molecule has 44 heavy (non-hydrogen) atoms. The van der Waals surface area contributed by atoms with Crippen molar-refractivity contribution >= 4 is 47.7 Å². The molecule has 0 aromatic heterocycles. The Morgan fingerprint density at radius 3 is 0.568 bits per heavy atom. The van der Waals surface area contributed by atoms with Gasteiger partial charge in [-0.25, -0.2) is 0 Å². The quantitative estimate of drug-likeness (QED) is 0.0539. The Morgan fingerprint density at radius 2 is 0.455 bits per heavy atom. The normalized spacial score (nSPS) is 9.45. The summed E-state index contributed by atoms with van der Waals surface area (Å²) in [5.41, 5.74) is 13.5. The minimum Gasteiger partial charge on any atom is -0.790 e. The molecular formula is C36H34N4NiOP2+2. The third-order valence-corrected chi connectivity index (χ3v) is 11.8.